The minimum Gasteiger partial charge on any atom is -0.390 e. The number of halogens is 5. The van der Waals surface area contributed by atoms with E-state index >= 15 is 0 Å². The van der Waals surface area contributed by atoms with E-state index in [4.69, 9.17) is 5.11 Å². The lowest BCUT2D eigenvalue weighted by molar-refractivity contribution is -0.119. The van der Waals surface area contributed by atoms with Crippen LogP contribution in [0.1, 0.15) is 17.2 Å². The summed E-state index contributed by atoms with van der Waals surface area (Å²) in [7, 11) is 0. The first-order valence-corrected chi connectivity index (χ1v) is 6.76. The minimum atomic E-state index is -3.56. The standard InChI is InChI=1S/C14H18F4N2O.ClH/c1-9-2-3-10(12(16)11(9)15)13(14(17,18)8-21)20-6-4-19-5-7-20;/h2-3,13,19,21H,4-8H2,1H3;1H/t13-;/m0./s1. The van der Waals surface area contributed by atoms with Gasteiger partial charge in [-0.1, -0.05) is 12.1 Å². The maximum absolute atomic E-state index is 14.1. The molecule has 0 amide bonds. The van der Waals surface area contributed by atoms with Crippen molar-refractivity contribution in [3.05, 3.63) is 34.9 Å². The van der Waals surface area contributed by atoms with Gasteiger partial charge < -0.3 is 10.4 Å². The smallest absolute Gasteiger partial charge is 0.290 e. The van der Waals surface area contributed by atoms with Crippen LogP contribution in [-0.2, 0) is 0 Å². The molecule has 2 N–H and O–H groups in total. The van der Waals surface area contributed by atoms with Crippen molar-refractivity contribution in [1.82, 2.24) is 10.2 Å². The van der Waals surface area contributed by atoms with Crippen molar-refractivity contribution in [2.75, 3.05) is 32.8 Å². The van der Waals surface area contributed by atoms with Gasteiger partial charge in [-0.25, -0.2) is 17.6 Å². The second-order valence-corrected chi connectivity index (χ2v) is 5.21. The number of benzene rings is 1. The zero-order chi connectivity index (χ0) is 15.6. The highest BCUT2D eigenvalue weighted by Crippen LogP contribution is 2.38. The van der Waals surface area contributed by atoms with Crippen LogP contribution >= 0.6 is 12.4 Å². The fraction of sp³-hybridized carbons (Fsp3) is 0.571. The van der Waals surface area contributed by atoms with Crippen LogP contribution < -0.4 is 5.32 Å². The van der Waals surface area contributed by atoms with Crippen molar-refractivity contribution in [3.63, 3.8) is 0 Å². The van der Waals surface area contributed by atoms with Crippen LogP contribution in [0.5, 0.6) is 0 Å². The van der Waals surface area contributed by atoms with Crippen LogP contribution in [0.2, 0.25) is 0 Å². The summed E-state index contributed by atoms with van der Waals surface area (Å²) in [5.74, 6) is -5.95. The van der Waals surface area contributed by atoms with Gasteiger partial charge >= 0.3 is 0 Å². The molecule has 1 saturated heterocycles. The van der Waals surface area contributed by atoms with Gasteiger partial charge in [0.25, 0.3) is 5.92 Å². The van der Waals surface area contributed by atoms with Gasteiger partial charge in [-0.05, 0) is 12.5 Å². The summed E-state index contributed by atoms with van der Waals surface area (Å²) in [4.78, 5) is 1.37. The monoisotopic (exact) mass is 342 g/mol. The Morgan fingerprint density at radius 3 is 2.36 bits per heavy atom. The van der Waals surface area contributed by atoms with Gasteiger partial charge in [0.1, 0.15) is 12.6 Å². The number of aliphatic hydroxyl groups is 1. The highest BCUT2D eigenvalue weighted by atomic mass is 35.5. The van der Waals surface area contributed by atoms with Crippen molar-refractivity contribution in [2.45, 2.75) is 18.9 Å². The third-order valence-corrected chi connectivity index (χ3v) is 3.73. The maximum Gasteiger partial charge on any atom is 0.290 e. The van der Waals surface area contributed by atoms with Crippen LogP contribution in [-0.4, -0.2) is 48.7 Å². The van der Waals surface area contributed by atoms with Gasteiger partial charge in [-0.15, -0.1) is 12.4 Å². The predicted octanol–water partition coefficient (Wildman–Crippen LogP) is 2.27. The molecule has 0 aromatic heterocycles. The Morgan fingerprint density at radius 2 is 1.82 bits per heavy atom. The van der Waals surface area contributed by atoms with E-state index in [1.54, 1.807) is 0 Å². The second-order valence-electron chi connectivity index (χ2n) is 5.21. The summed E-state index contributed by atoms with van der Waals surface area (Å²) in [5.41, 5.74) is -0.360. The zero-order valence-electron chi connectivity index (χ0n) is 12.1. The molecule has 0 radical (unpaired) electrons. The van der Waals surface area contributed by atoms with E-state index in [-0.39, 0.29) is 31.1 Å². The number of aryl methyl sites for hydroxylation is 1. The minimum absolute atomic E-state index is 0. The molecule has 126 valence electrons. The van der Waals surface area contributed by atoms with Gasteiger partial charge in [0.2, 0.25) is 0 Å². The lowest BCUT2D eigenvalue weighted by atomic mass is 9.96. The Bertz CT molecular complexity index is 510. The van der Waals surface area contributed by atoms with Crippen molar-refractivity contribution in [1.29, 1.82) is 0 Å². The molecule has 8 heteroatoms. The zero-order valence-corrected chi connectivity index (χ0v) is 12.9. The molecule has 1 heterocycles. The molecule has 2 rings (SSSR count). The van der Waals surface area contributed by atoms with Crippen LogP contribution in [0.15, 0.2) is 12.1 Å². The van der Waals surface area contributed by atoms with E-state index in [1.165, 1.54) is 24.0 Å². The van der Waals surface area contributed by atoms with Crippen LogP contribution in [0.3, 0.4) is 0 Å². The summed E-state index contributed by atoms with van der Waals surface area (Å²) in [6, 6.07) is 0.764. The molecular formula is C14H19ClF4N2O. The van der Waals surface area contributed by atoms with Crippen molar-refractivity contribution < 1.29 is 22.7 Å². The Labute approximate surface area is 132 Å². The van der Waals surface area contributed by atoms with Crippen molar-refractivity contribution in [3.8, 4) is 0 Å². The first-order valence-electron chi connectivity index (χ1n) is 6.76. The number of hydrogen-bond acceptors (Lipinski definition) is 3. The lowest BCUT2D eigenvalue weighted by Gasteiger charge is -2.38. The van der Waals surface area contributed by atoms with Crippen molar-refractivity contribution in [2.24, 2.45) is 0 Å². The summed E-state index contributed by atoms with van der Waals surface area (Å²) in [5, 5.41) is 12.0. The molecule has 1 fully saturated rings. The normalized spacial score (nSPS) is 17.9. The maximum atomic E-state index is 14.1. The molecule has 1 aromatic carbocycles. The summed E-state index contributed by atoms with van der Waals surface area (Å²) in [6.07, 6.45) is 0. The van der Waals surface area contributed by atoms with E-state index in [0.717, 1.165) is 0 Å². The molecule has 22 heavy (non-hydrogen) atoms. The van der Waals surface area contributed by atoms with E-state index in [0.29, 0.717) is 13.1 Å². The molecule has 1 atom stereocenters. The SMILES string of the molecule is Cc1ccc([C@H](N2CCNCC2)C(F)(F)CO)c(F)c1F.Cl. The summed E-state index contributed by atoms with van der Waals surface area (Å²) >= 11 is 0. The first-order chi connectivity index (χ1) is 9.88. The van der Waals surface area contributed by atoms with Gasteiger partial charge in [0.15, 0.2) is 11.6 Å². The number of alkyl halides is 2. The number of hydrogen-bond donors (Lipinski definition) is 2. The highest BCUT2D eigenvalue weighted by Gasteiger charge is 2.45. The average molecular weight is 343 g/mol. The van der Waals surface area contributed by atoms with Gasteiger partial charge in [0.05, 0.1) is 0 Å². The molecule has 0 saturated carbocycles. The molecular weight excluding hydrogens is 324 g/mol. The Morgan fingerprint density at radius 1 is 1.23 bits per heavy atom. The Hall–Kier alpha value is -0.890. The number of nitrogens with zero attached hydrogens (tertiary/aromatic N) is 1. The highest BCUT2D eigenvalue weighted by molar-refractivity contribution is 5.85. The average Bonchev–Trinajstić information content (AvgIpc) is 2.48. The Kier molecular flexibility index (Phi) is 6.61. The lowest BCUT2D eigenvalue weighted by Crippen LogP contribution is -2.51. The summed E-state index contributed by atoms with van der Waals surface area (Å²) < 4.78 is 56.0. The molecule has 3 nitrogen and oxygen atoms in total. The van der Waals surface area contributed by atoms with E-state index < -0.39 is 35.8 Å². The van der Waals surface area contributed by atoms with Crippen LogP contribution in [0.25, 0.3) is 0 Å². The number of nitrogens with one attached hydrogen (secondary N) is 1. The fourth-order valence-corrected chi connectivity index (χ4v) is 2.59. The van der Waals surface area contributed by atoms with E-state index in [1.807, 2.05) is 0 Å². The molecule has 0 bridgehead atoms. The molecule has 0 unspecified atom stereocenters. The molecule has 1 aliphatic rings. The molecule has 0 aliphatic carbocycles. The van der Waals surface area contributed by atoms with Gasteiger partial charge in [0, 0.05) is 31.7 Å². The van der Waals surface area contributed by atoms with Crippen LogP contribution in [0.4, 0.5) is 17.6 Å². The van der Waals surface area contributed by atoms with Crippen LogP contribution in [0, 0.1) is 18.6 Å². The molecule has 0 spiro atoms. The fourth-order valence-electron chi connectivity index (χ4n) is 2.59. The largest absolute Gasteiger partial charge is 0.390 e. The second kappa shape index (κ2) is 7.59. The predicted molar refractivity (Wildman–Crippen MR) is 77.6 cm³/mol. The summed E-state index contributed by atoms with van der Waals surface area (Å²) in [6.45, 7) is 1.45. The third-order valence-electron chi connectivity index (χ3n) is 3.73. The van der Waals surface area contributed by atoms with Crippen molar-refractivity contribution >= 4 is 12.4 Å². The van der Waals surface area contributed by atoms with E-state index in [9.17, 15) is 17.6 Å². The first kappa shape index (κ1) is 19.2. The van der Waals surface area contributed by atoms with Gasteiger partial charge in [-0.2, -0.15) is 0 Å². The van der Waals surface area contributed by atoms with Gasteiger partial charge in [-0.3, -0.25) is 4.90 Å². The number of aliphatic hydroxyl groups excluding tert-OH is 1. The molecule has 1 aromatic rings. The topological polar surface area (TPSA) is 35.5 Å². The quantitative estimate of drug-likeness (QED) is 0.824. The number of piperazine rings is 1. The third kappa shape index (κ3) is 3.71. The van der Waals surface area contributed by atoms with E-state index in [2.05, 4.69) is 5.32 Å². The number of rotatable bonds is 4. The molecule has 1 aliphatic heterocycles. The Balaban J connectivity index is 0.00000242.